The van der Waals surface area contributed by atoms with E-state index in [0.717, 1.165) is 63.4 Å². The van der Waals surface area contributed by atoms with E-state index in [4.69, 9.17) is 11.8 Å². The van der Waals surface area contributed by atoms with Crippen LogP contribution in [0.15, 0.2) is 84.6 Å². The van der Waals surface area contributed by atoms with Crippen molar-refractivity contribution in [3.05, 3.63) is 102 Å². The first kappa shape index (κ1) is 30.2. The number of rotatable bonds is 9. The van der Waals surface area contributed by atoms with Crippen molar-refractivity contribution in [1.29, 1.82) is 0 Å². The summed E-state index contributed by atoms with van der Waals surface area (Å²) in [7, 11) is 0. The van der Waals surface area contributed by atoms with Gasteiger partial charge >= 0.3 is 0 Å². The number of ketones is 1. The molecule has 0 bridgehead atoms. The van der Waals surface area contributed by atoms with E-state index in [2.05, 4.69) is 45.0 Å². The van der Waals surface area contributed by atoms with Crippen molar-refractivity contribution in [3.63, 3.8) is 0 Å². The topological polar surface area (TPSA) is 50.2 Å². The molecule has 1 N–H and O–H groups in total. The van der Waals surface area contributed by atoms with E-state index in [9.17, 15) is 9.90 Å². The largest absolute Gasteiger partial charge is 0.512 e. The third kappa shape index (κ3) is 8.42. The number of nitrogens with zero attached hydrogens (tertiary/aromatic N) is 1. The molecule has 0 aliphatic rings. The second-order valence-corrected chi connectivity index (χ2v) is 13.5. The smallest absolute Gasteiger partial charge is 0.162 e. The Kier molecular flexibility index (Phi) is 10.9. The van der Waals surface area contributed by atoms with Crippen LogP contribution in [-0.2, 0) is 30.3 Å². The Hall–Kier alpha value is -3.11. The van der Waals surface area contributed by atoms with Gasteiger partial charge in [0.05, 0.1) is 12.6 Å². The summed E-state index contributed by atoms with van der Waals surface area (Å²) in [6.07, 6.45) is 6.67. The van der Waals surface area contributed by atoms with Crippen LogP contribution in [0.25, 0.3) is 42.6 Å². The van der Waals surface area contributed by atoms with Crippen molar-refractivity contribution in [3.8, 4) is 21.7 Å². The number of aliphatic hydroxyl groups is 1. The Labute approximate surface area is 300 Å². The van der Waals surface area contributed by atoms with Gasteiger partial charge in [0.1, 0.15) is 0 Å². The van der Waals surface area contributed by atoms with E-state index < -0.39 is 0 Å². The number of allylic oxidation sites excluding steroid dienone is 2. The number of aryl methyl sites for hydroxylation is 1. The average Bonchev–Trinajstić information content (AvgIpc) is 3.42. The Morgan fingerprint density at radius 1 is 0.978 bits per heavy atom. The maximum atomic E-state index is 11.7. The normalized spacial score (nSPS) is 13.4. The molecular weight excluding hydrogens is 763 g/mol. The molecule has 245 valence electrons. The molecule has 2 heterocycles. The Morgan fingerprint density at radius 3 is 2.22 bits per heavy atom. The van der Waals surface area contributed by atoms with E-state index in [-0.39, 0.29) is 84.7 Å². The molecule has 0 aliphatic heterocycles. The molecule has 2 aromatic heterocycles. The molecule has 0 saturated heterocycles. The molecule has 46 heavy (non-hydrogen) atoms. The van der Waals surface area contributed by atoms with Gasteiger partial charge in [-0.1, -0.05) is 108 Å². The number of fused-ring (bicyclic) bond motifs is 2. The molecule has 0 atom stereocenters. The molecule has 1 radical (unpaired) electrons. The predicted octanol–water partition coefficient (Wildman–Crippen LogP) is 12.1. The van der Waals surface area contributed by atoms with Crippen LogP contribution in [0.2, 0.25) is 0 Å². The summed E-state index contributed by atoms with van der Waals surface area (Å²) in [6.45, 7) is 16.6. The molecule has 0 amide bonds. The van der Waals surface area contributed by atoms with Crippen LogP contribution in [-0.4, -0.2) is 15.9 Å². The predicted molar refractivity (Wildman–Crippen MR) is 194 cm³/mol. The molecule has 5 aromatic rings. The van der Waals surface area contributed by atoms with Crippen LogP contribution in [0.5, 0.6) is 0 Å². The minimum absolute atomic E-state index is 0. The second-order valence-electron chi connectivity index (χ2n) is 12.5. The summed E-state index contributed by atoms with van der Waals surface area (Å²) in [5.41, 5.74) is 3.90. The van der Waals surface area contributed by atoms with E-state index >= 15 is 0 Å². The molecule has 3 nitrogen and oxygen atoms in total. The average molecular weight is 816 g/mol. The molecule has 0 fully saturated rings. The number of pyridine rings is 1. The molecule has 5 rings (SSSR count). The van der Waals surface area contributed by atoms with E-state index in [1.54, 1.807) is 6.20 Å². The van der Waals surface area contributed by atoms with Gasteiger partial charge in [0.2, 0.25) is 0 Å². The number of aromatic nitrogens is 1. The number of hydrogen-bond donors (Lipinski definition) is 1. The SMILES string of the molecule is CCC(CC)C(=O)/C=C(\O)C(CC)CC.[2H]c1c([2H])c([2H])c(-c2sc3c(-c4[c-]c5ccccc5c(C(C)(C)C)c4)nccc3c2C)c([2H])c1[2H].[Ir]. The van der Waals surface area contributed by atoms with Gasteiger partial charge in [-0.05, 0) is 60.6 Å². The third-order valence-corrected chi connectivity index (χ3v) is 9.83. The van der Waals surface area contributed by atoms with Crippen LogP contribution in [0.3, 0.4) is 0 Å². The fourth-order valence-corrected chi connectivity index (χ4v) is 6.96. The van der Waals surface area contributed by atoms with Crippen LogP contribution in [0.4, 0.5) is 0 Å². The van der Waals surface area contributed by atoms with Gasteiger partial charge in [-0.2, -0.15) is 0 Å². The number of carbonyl (C=O) groups is 1. The fourth-order valence-electron chi connectivity index (χ4n) is 5.70. The Morgan fingerprint density at radius 2 is 1.61 bits per heavy atom. The Bertz CT molecular complexity index is 2030. The summed E-state index contributed by atoms with van der Waals surface area (Å²) in [6, 6.07) is 14.5. The number of thiophene rings is 1. The molecule has 0 aliphatic carbocycles. The standard InChI is InChI=1S/C28H24NS.C13H24O2.Ir/c1-18-22-14-15-29-25(27(22)30-26(18)19-10-6-5-7-11-19)21-16-20-12-8-9-13-23(20)24(17-21)28(2,3)4;1-5-10(6-2)12(14)9-13(15)11(7-3)8-4;/h5-15,17H,1-4H3;9-11,14H,5-8H2,1-4H3;/q-1;;/b;12-9-;/i5D,6D,7D,10D,11D;;. The third-order valence-electron chi connectivity index (χ3n) is 8.50. The zero-order valence-corrected chi connectivity index (χ0v) is 31.4. The number of aliphatic hydroxyl groups excluding tert-OH is 1. The summed E-state index contributed by atoms with van der Waals surface area (Å²) in [4.78, 5) is 17.1. The fraction of sp³-hybridized carbons (Fsp3) is 0.366. The maximum absolute atomic E-state index is 11.7. The van der Waals surface area contributed by atoms with Gasteiger partial charge in [-0.3, -0.25) is 9.78 Å². The monoisotopic (exact) mass is 816 g/mol. The Balaban J connectivity index is 0.000000374. The molecule has 3 aromatic carbocycles. The molecule has 0 unspecified atom stereocenters. The van der Waals surface area contributed by atoms with E-state index in [0.29, 0.717) is 4.88 Å². The van der Waals surface area contributed by atoms with E-state index in [1.807, 2.05) is 52.8 Å². The van der Waals surface area contributed by atoms with E-state index in [1.165, 1.54) is 23.0 Å². The van der Waals surface area contributed by atoms with Gasteiger partial charge in [-0.25, -0.2) is 0 Å². The van der Waals surface area contributed by atoms with Crippen LogP contribution in [0, 0.1) is 24.8 Å². The summed E-state index contributed by atoms with van der Waals surface area (Å²) < 4.78 is 42.0. The number of hydrogen-bond acceptors (Lipinski definition) is 4. The van der Waals surface area contributed by atoms with Crippen molar-refractivity contribution in [2.75, 3.05) is 0 Å². The van der Waals surface area contributed by atoms with Gasteiger partial charge in [0.25, 0.3) is 0 Å². The second kappa shape index (κ2) is 16.6. The molecule has 0 spiro atoms. The summed E-state index contributed by atoms with van der Waals surface area (Å²) in [5, 5.41) is 12.9. The molecular formula is C41H48IrNO2S-. The first-order valence-electron chi connectivity index (χ1n) is 18.5. The van der Waals surface area contributed by atoms with Crippen molar-refractivity contribution in [1.82, 2.24) is 4.98 Å². The van der Waals surface area contributed by atoms with Crippen LogP contribution in [0.1, 0.15) is 92.1 Å². The van der Waals surface area contributed by atoms with Crippen molar-refractivity contribution < 1.29 is 36.9 Å². The van der Waals surface area contributed by atoms with Crippen LogP contribution < -0.4 is 0 Å². The number of carbonyl (C=O) groups excluding carboxylic acids is 1. The van der Waals surface area contributed by atoms with Crippen molar-refractivity contribution in [2.24, 2.45) is 11.8 Å². The van der Waals surface area contributed by atoms with Gasteiger partial charge in [0.15, 0.2) is 5.78 Å². The van der Waals surface area contributed by atoms with Gasteiger partial charge in [-0.15, -0.1) is 40.5 Å². The minimum atomic E-state index is -0.384. The first-order chi connectivity index (χ1) is 23.6. The quantitative estimate of drug-likeness (QED) is 0.0916. The zero-order chi connectivity index (χ0) is 37.1. The maximum Gasteiger partial charge on any atom is 0.162 e. The first-order valence-corrected chi connectivity index (χ1v) is 16.8. The summed E-state index contributed by atoms with van der Waals surface area (Å²) in [5.74, 6) is 0.547. The van der Waals surface area contributed by atoms with Crippen molar-refractivity contribution in [2.45, 2.75) is 86.5 Å². The van der Waals surface area contributed by atoms with Gasteiger partial charge < -0.3 is 5.11 Å². The molecule has 5 heteroatoms. The zero-order valence-electron chi connectivity index (χ0n) is 33.1. The van der Waals surface area contributed by atoms with Crippen molar-refractivity contribution >= 4 is 38.0 Å². The molecule has 0 saturated carbocycles. The minimum Gasteiger partial charge on any atom is -0.512 e. The number of benzene rings is 3. The van der Waals surface area contributed by atoms with Gasteiger partial charge in [0, 0.05) is 59.5 Å². The summed E-state index contributed by atoms with van der Waals surface area (Å²) >= 11 is 1.42. The van der Waals surface area contributed by atoms with Crippen LogP contribution >= 0.6 is 11.3 Å².